The Morgan fingerprint density at radius 2 is 2.22 bits per heavy atom. The van der Waals surface area contributed by atoms with Crippen LogP contribution in [0.25, 0.3) is 0 Å². The van der Waals surface area contributed by atoms with Crippen LogP contribution in [-0.2, 0) is 0 Å². The third-order valence-corrected chi connectivity index (χ3v) is 3.11. The number of amides is 1. The van der Waals surface area contributed by atoms with Crippen molar-refractivity contribution in [3.8, 4) is 5.75 Å². The van der Waals surface area contributed by atoms with Gasteiger partial charge in [-0.1, -0.05) is 13.0 Å². The normalized spacial score (nSPS) is 12.2. The van der Waals surface area contributed by atoms with Crippen LogP contribution in [0.4, 0.5) is 0 Å². The molecule has 100 valence electrons. The number of phenols is 1. The van der Waals surface area contributed by atoms with Gasteiger partial charge in [0, 0.05) is 17.7 Å². The Bertz CT molecular complexity index is 405. The summed E-state index contributed by atoms with van der Waals surface area (Å²) in [4.78, 5) is 11.9. The Kier molecular flexibility index (Phi) is 5.65. The van der Waals surface area contributed by atoms with Crippen molar-refractivity contribution >= 4 is 5.91 Å². The summed E-state index contributed by atoms with van der Waals surface area (Å²) < 4.78 is 0. The number of phenolic OH excluding ortho intramolecular Hbond substituents is 1. The standard InChI is InChI=1S/C14H22N2O2/c1-10(9-15)5-4-8-16-14(18)12-6-3-7-13(17)11(12)2/h3,6-7,10,17H,4-5,8-9,15H2,1-2H3,(H,16,18). The minimum absolute atomic E-state index is 0.135. The van der Waals surface area contributed by atoms with Gasteiger partial charge in [-0.2, -0.15) is 0 Å². The van der Waals surface area contributed by atoms with Crippen LogP contribution in [0.5, 0.6) is 5.75 Å². The van der Waals surface area contributed by atoms with E-state index in [2.05, 4.69) is 12.2 Å². The summed E-state index contributed by atoms with van der Waals surface area (Å²) in [6.07, 6.45) is 1.93. The average molecular weight is 250 g/mol. The van der Waals surface area contributed by atoms with Gasteiger partial charge in [-0.05, 0) is 44.4 Å². The minimum Gasteiger partial charge on any atom is -0.508 e. The molecular weight excluding hydrogens is 228 g/mol. The zero-order chi connectivity index (χ0) is 13.5. The summed E-state index contributed by atoms with van der Waals surface area (Å²) in [6, 6.07) is 4.97. The lowest BCUT2D eigenvalue weighted by Gasteiger charge is -2.10. The molecule has 1 aromatic carbocycles. The molecule has 0 aliphatic rings. The van der Waals surface area contributed by atoms with Crippen LogP contribution in [0, 0.1) is 12.8 Å². The summed E-state index contributed by atoms with van der Waals surface area (Å²) in [6.45, 7) is 5.15. The predicted octanol–water partition coefficient (Wildman–Crippen LogP) is 1.81. The van der Waals surface area contributed by atoms with E-state index in [4.69, 9.17) is 5.73 Å². The van der Waals surface area contributed by atoms with Crippen LogP contribution < -0.4 is 11.1 Å². The molecule has 1 atom stereocenters. The SMILES string of the molecule is Cc1c(O)cccc1C(=O)NCCCC(C)CN. The van der Waals surface area contributed by atoms with Crippen molar-refractivity contribution in [2.45, 2.75) is 26.7 Å². The molecule has 0 aromatic heterocycles. The topological polar surface area (TPSA) is 75.3 Å². The van der Waals surface area contributed by atoms with Gasteiger partial charge in [-0.3, -0.25) is 4.79 Å². The lowest BCUT2D eigenvalue weighted by molar-refractivity contribution is 0.0951. The smallest absolute Gasteiger partial charge is 0.251 e. The molecule has 0 heterocycles. The molecule has 0 bridgehead atoms. The fourth-order valence-corrected chi connectivity index (χ4v) is 1.73. The maximum atomic E-state index is 11.9. The van der Waals surface area contributed by atoms with E-state index in [-0.39, 0.29) is 11.7 Å². The number of nitrogens with one attached hydrogen (secondary N) is 1. The first kappa shape index (κ1) is 14.5. The van der Waals surface area contributed by atoms with E-state index in [0.717, 1.165) is 12.8 Å². The quantitative estimate of drug-likeness (QED) is 0.674. The van der Waals surface area contributed by atoms with Gasteiger partial charge < -0.3 is 16.2 Å². The maximum Gasteiger partial charge on any atom is 0.251 e. The molecule has 0 aliphatic carbocycles. The summed E-state index contributed by atoms with van der Waals surface area (Å²) in [5.74, 6) is 0.507. The lowest BCUT2D eigenvalue weighted by Crippen LogP contribution is -2.25. The highest BCUT2D eigenvalue weighted by atomic mass is 16.3. The fraction of sp³-hybridized carbons (Fsp3) is 0.500. The summed E-state index contributed by atoms with van der Waals surface area (Å²) >= 11 is 0. The number of carbonyl (C=O) groups is 1. The second-order valence-corrected chi connectivity index (χ2v) is 4.69. The van der Waals surface area contributed by atoms with Crippen LogP contribution in [0.15, 0.2) is 18.2 Å². The third kappa shape index (κ3) is 4.04. The molecule has 0 spiro atoms. The van der Waals surface area contributed by atoms with E-state index < -0.39 is 0 Å². The number of carbonyl (C=O) groups excluding carboxylic acids is 1. The molecule has 0 radical (unpaired) electrons. The van der Waals surface area contributed by atoms with Crippen molar-refractivity contribution in [1.29, 1.82) is 0 Å². The van der Waals surface area contributed by atoms with Gasteiger partial charge in [0.2, 0.25) is 0 Å². The van der Waals surface area contributed by atoms with Crippen LogP contribution in [0.1, 0.15) is 35.7 Å². The first-order valence-electron chi connectivity index (χ1n) is 6.33. The van der Waals surface area contributed by atoms with Gasteiger partial charge in [-0.15, -0.1) is 0 Å². The third-order valence-electron chi connectivity index (χ3n) is 3.11. The van der Waals surface area contributed by atoms with Crippen molar-refractivity contribution in [3.05, 3.63) is 29.3 Å². The van der Waals surface area contributed by atoms with Crippen LogP contribution in [0.2, 0.25) is 0 Å². The Labute approximate surface area is 108 Å². The molecule has 4 N–H and O–H groups in total. The monoisotopic (exact) mass is 250 g/mol. The van der Waals surface area contributed by atoms with E-state index in [9.17, 15) is 9.90 Å². The lowest BCUT2D eigenvalue weighted by atomic mass is 10.1. The molecule has 0 aliphatic heterocycles. The number of aromatic hydroxyl groups is 1. The van der Waals surface area contributed by atoms with Crippen LogP contribution >= 0.6 is 0 Å². The van der Waals surface area contributed by atoms with Crippen molar-refractivity contribution in [2.24, 2.45) is 11.7 Å². The molecule has 0 saturated carbocycles. The van der Waals surface area contributed by atoms with Gasteiger partial charge in [0.1, 0.15) is 5.75 Å². The van der Waals surface area contributed by atoms with E-state index in [1.54, 1.807) is 25.1 Å². The Morgan fingerprint density at radius 3 is 2.89 bits per heavy atom. The minimum atomic E-state index is -0.135. The first-order valence-corrected chi connectivity index (χ1v) is 6.33. The molecule has 1 aromatic rings. The Hall–Kier alpha value is -1.55. The molecule has 1 rings (SSSR count). The zero-order valence-corrected chi connectivity index (χ0v) is 11.1. The largest absolute Gasteiger partial charge is 0.508 e. The Balaban J connectivity index is 2.44. The zero-order valence-electron chi connectivity index (χ0n) is 11.1. The second kappa shape index (κ2) is 7.01. The van der Waals surface area contributed by atoms with Crippen LogP contribution in [-0.4, -0.2) is 24.1 Å². The molecule has 0 saturated heterocycles. The van der Waals surface area contributed by atoms with Gasteiger partial charge in [0.15, 0.2) is 0 Å². The summed E-state index contributed by atoms with van der Waals surface area (Å²) in [5.41, 5.74) is 6.67. The number of hydrogen-bond acceptors (Lipinski definition) is 3. The van der Waals surface area contributed by atoms with Crippen molar-refractivity contribution < 1.29 is 9.90 Å². The van der Waals surface area contributed by atoms with Crippen molar-refractivity contribution in [1.82, 2.24) is 5.32 Å². The highest BCUT2D eigenvalue weighted by molar-refractivity contribution is 5.96. The van der Waals surface area contributed by atoms with Gasteiger partial charge in [0.25, 0.3) is 5.91 Å². The molecule has 1 amide bonds. The summed E-state index contributed by atoms with van der Waals surface area (Å²) in [5, 5.41) is 12.4. The average Bonchev–Trinajstić information content (AvgIpc) is 2.37. The predicted molar refractivity (Wildman–Crippen MR) is 72.6 cm³/mol. The van der Waals surface area contributed by atoms with E-state index in [1.807, 2.05) is 0 Å². The van der Waals surface area contributed by atoms with E-state index in [1.165, 1.54) is 0 Å². The van der Waals surface area contributed by atoms with Crippen molar-refractivity contribution in [3.63, 3.8) is 0 Å². The number of benzene rings is 1. The number of hydrogen-bond donors (Lipinski definition) is 3. The van der Waals surface area contributed by atoms with E-state index >= 15 is 0 Å². The van der Waals surface area contributed by atoms with Gasteiger partial charge >= 0.3 is 0 Å². The molecule has 0 fully saturated rings. The van der Waals surface area contributed by atoms with E-state index in [0.29, 0.717) is 30.1 Å². The Morgan fingerprint density at radius 1 is 1.50 bits per heavy atom. The first-order chi connectivity index (χ1) is 8.56. The second-order valence-electron chi connectivity index (χ2n) is 4.69. The van der Waals surface area contributed by atoms with Gasteiger partial charge in [-0.25, -0.2) is 0 Å². The summed E-state index contributed by atoms with van der Waals surface area (Å²) in [7, 11) is 0. The highest BCUT2D eigenvalue weighted by Gasteiger charge is 2.10. The number of nitrogens with two attached hydrogens (primary N) is 1. The maximum absolute atomic E-state index is 11.9. The molecule has 4 heteroatoms. The molecule has 18 heavy (non-hydrogen) atoms. The van der Waals surface area contributed by atoms with Crippen LogP contribution in [0.3, 0.4) is 0 Å². The fourth-order valence-electron chi connectivity index (χ4n) is 1.73. The number of rotatable bonds is 6. The molecule has 4 nitrogen and oxygen atoms in total. The van der Waals surface area contributed by atoms with Crippen molar-refractivity contribution in [2.75, 3.05) is 13.1 Å². The molecule has 1 unspecified atom stereocenters. The molecular formula is C14H22N2O2. The highest BCUT2D eigenvalue weighted by Crippen LogP contribution is 2.19. The van der Waals surface area contributed by atoms with Gasteiger partial charge in [0.05, 0.1) is 0 Å².